The number of hydrogen-bond donors (Lipinski definition) is 1. The van der Waals surface area contributed by atoms with Crippen LogP contribution in [0.4, 0.5) is 10.2 Å². The van der Waals surface area contributed by atoms with E-state index in [-0.39, 0.29) is 35.6 Å². The first kappa shape index (κ1) is 22.4. The van der Waals surface area contributed by atoms with E-state index < -0.39 is 5.91 Å². The normalized spacial score (nSPS) is 10.9. The van der Waals surface area contributed by atoms with Crippen molar-refractivity contribution in [2.75, 3.05) is 5.32 Å². The van der Waals surface area contributed by atoms with E-state index in [1.807, 2.05) is 0 Å². The van der Waals surface area contributed by atoms with Crippen LogP contribution in [-0.2, 0) is 13.2 Å². The predicted octanol–water partition coefficient (Wildman–Crippen LogP) is 6.56. The molecule has 0 radical (unpaired) electrons. The number of anilines is 1. The molecule has 1 N–H and O–H groups in total. The second-order valence-corrected chi connectivity index (χ2v) is 8.43. The van der Waals surface area contributed by atoms with Crippen molar-refractivity contribution in [2.45, 2.75) is 13.2 Å². The van der Waals surface area contributed by atoms with Crippen molar-refractivity contribution in [3.05, 3.63) is 98.2 Å². The van der Waals surface area contributed by atoms with E-state index >= 15 is 0 Å². The minimum Gasteiger partial charge on any atom is -0.484 e. The van der Waals surface area contributed by atoms with Gasteiger partial charge in [-0.15, -0.1) is 0 Å². The van der Waals surface area contributed by atoms with Crippen LogP contribution < -0.4 is 10.1 Å². The zero-order chi connectivity index (χ0) is 22.7. The summed E-state index contributed by atoms with van der Waals surface area (Å²) in [7, 11) is 0. The standard InChI is InChI=1S/C22H15BrCl2FN3O3/c23-14-5-7-19(16(24)9-14)31-12-15-6-8-20(32-15)22(30)27-21-17(25)11-29(28-21)10-13-3-1-2-4-18(13)26/h1-9,11H,10,12H2,(H,27,28,30). The van der Waals surface area contributed by atoms with Crippen LogP contribution in [0.1, 0.15) is 21.9 Å². The number of nitrogens with zero attached hydrogens (tertiary/aromatic N) is 2. The molecule has 0 saturated carbocycles. The maximum Gasteiger partial charge on any atom is 0.292 e. The lowest BCUT2D eigenvalue weighted by Crippen LogP contribution is -2.12. The van der Waals surface area contributed by atoms with Crippen LogP contribution >= 0.6 is 39.1 Å². The molecule has 0 fully saturated rings. The Morgan fingerprint density at radius 3 is 2.75 bits per heavy atom. The first-order valence-corrected chi connectivity index (χ1v) is 10.9. The van der Waals surface area contributed by atoms with E-state index in [0.29, 0.717) is 22.1 Å². The van der Waals surface area contributed by atoms with Gasteiger partial charge in [0.15, 0.2) is 11.6 Å². The number of aromatic nitrogens is 2. The van der Waals surface area contributed by atoms with Crippen molar-refractivity contribution >= 4 is 50.9 Å². The summed E-state index contributed by atoms with van der Waals surface area (Å²) in [6.45, 7) is 0.260. The number of benzene rings is 2. The molecule has 4 rings (SSSR count). The highest BCUT2D eigenvalue weighted by molar-refractivity contribution is 9.10. The third kappa shape index (κ3) is 5.32. The van der Waals surface area contributed by atoms with Crippen molar-refractivity contribution in [2.24, 2.45) is 0 Å². The number of furan rings is 1. The fourth-order valence-electron chi connectivity index (χ4n) is 2.85. The molecule has 0 unspecified atom stereocenters. The molecule has 0 aliphatic rings. The second kappa shape index (κ2) is 9.77. The van der Waals surface area contributed by atoms with Gasteiger partial charge < -0.3 is 14.5 Å². The second-order valence-electron chi connectivity index (χ2n) is 6.70. The third-order valence-corrected chi connectivity index (χ3v) is 5.45. The monoisotopic (exact) mass is 537 g/mol. The Hall–Kier alpha value is -2.81. The molecular formula is C22H15BrCl2FN3O3. The highest BCUT2D eigenvalue weighted by Gasteiger charge is 2.16. The number of carbonyl (C=O) groups excluding carboxylic acids is 1. The lowest BCUT2D eigenvalue weighted by Gasteiger charge is -2.06. The van der Waals surface area contributed by atoms with Crippen LogP contribution in [-0.4, -0.2) is 15.7 Å². The van der Waals surface area contributed by atoms with Crippen molar-refractivity contribution in [3.63, 3.8) is 0 Å². The summed E-state index contributed by atoms with van der Waals surface area (Å²) in [6.07, 6.45) is 1.51. The first-order valence-electron chi connectivity index (χ1n) is 9.33. The molecule has 164 valence electrons. The van der Waals surface area contributed by atoms with E-state index in [4.69, 9.17) is 32.4 Å². The molecule has 0 aliphatic heterocycles. The fourth-order valence-corrected chi connectivity index (χ4v) is 3.78. The number of ether oxygens (including phenoxy) is 1. The van der Waals surface area contributed by atoms with Gasteiger partial charge in [0.25, 0.3) is 5.91 Å². The summed E-state index contributed by atoms with van der Waals surface area (Å²) in [4.78, 5) is 12.5. The molecule has 2 aromatic carbocycles. The zero-order valence-electron chi connectivity index (χ0n) is 16.3. The van der Waals surface area contributed by atoms with Gasteiger partial charge in [0.1, 0.15) is 29.0 Å². The van der Waals surface area contributed by atoms with Crippen LogP contribution in [0.15, 0.2) is 69.7 Å². The van der Waals surface area contributed by atoms with Gasteiger partial charge in [-0.3, -0.25) is 9.48 Å². The first-order chi connectivity index (χ1) is 15.4. The summed E-state index contributed by atoms with van der Waals surface area (Å²) in [6, 6.07) is 14.7. The molecule has 2 aromatic heterocycles. The van der Waals surface area contributed by atoms with Crippen molar-refractivity contribution in [3.8, 4) is 5.75 Å². The number of halogens is 4. The Morgan fingerprint density at radius 1 is 1.16 bits per heavy atom. The number of rotatable bonds is 7. The van der Waals surface area contributed by atoms with Gasteiger partial charge in [-0.05, 0) is 36.4 Å². The molecule has 0 spiro atoms. The summed E-state index contributed by atoms with van der Waals surface area (Å²) >= 11 is 15.6. The summed E-state index contributed by atoms with van der Waals surface area (Å²) in [5.74, 6) is 0.249. The molecule has 0 atom stereocenters. The average Bonchev–Trinajstić information content (AvgIpc) is 3.36. The fraction of sp³-hybridized carbons (Fsp3) is 0.0909. The molecule has 2 heterocycles. The van der Waals surface area contributed by atoms with Crippen LogP contribution in [0.2, 0.25) is 10.0 Å². The van der Waals surface area contributed by atoms with Gasteiger partial charge in [0, 0.05) is 16.2 Å². The number of carbonyl (C=O) groups is 1. The quantitative estimate of drug-likeness (QED) is 0.289. The number of hydrogen-bond acceptors (Lipinski definition) is 4. The molecule has 0 saturated heterocycles. The van der Waals surface area contributed by atoms with Gasteiger partial charge in [-0.1, -0.05) is 57.3 Å². The Kier molecular flexibility index (Phi) is 6.83. The highest BCUT2D eigenvalue weighted by atomic mass is 79.9. The maximum absolute atomic E-state index is 13.9. The minimum atomic E-state index is -0.532. The summed E-state index contributed by atoms with van der Waals surface area (Å²) in [5, 5.41) is 7.47. The topological polar surface area (TPSA) is 69.3 Å². The van der Waals surface area contributed by atoms with Gasteiger partial charge >= 0.3 is 0 Å². The predicted molar refractivity (Wildman–Crippen MR) is 123 cm³/mol. The molecule has 1 amide bonds. The van der Waals surface area contributed by atoms with E-state index in [2.05, 4.69) is 26.3 Å². The van der Waals surface area contributed by atoms with Crippen LogP contribution in [0.25, 0.3) is 0 Å². The van der Waals surface area contributed by atoms with Gasteiger partial charge in [0.2, 0.25) is 0 Å². The van der Waals surface area contributed by atoms with E-state index in [1.54, 1.807) is 42.5 Å². The Balaban J connectivity index is 1.39. The minimum absolute atomic E-state index is 0.0604. The molecule has 0 aliphatic carbocycles. The largest absolute Gasteiger partial charge is 0.484 e. The molecule has 10 heteroatoms. The lowest BCUT2D eigenvalue weighted by molar-refractivity contribution is 0.0992. The average molecular weight is 539 g/mol. The summed E-state index contributed by atoms with van der Waals surface area (Å²) < 4.78 is 27.3. The zero-order valence-corrected chi connectivity index (χ0v) is 19.4. The highest BCUT2D eigenvalue weighted by Crippen LogP contribution is 2.28. The lowest BCUT2D eigenvalue weighted by atomic mass is 10.2. The van der Waals surface area contributed by atoms with Crippen LogP contribution in [0.5, 0.6) is 5.75 Å². The maximum atomic E-state index is 13.9. The van der Waals surface area contributed by atoms with Crippen molar-refractivity contribution < 1.29 is 18.3 Å². The SMILES string of the molecule is O=C(Nc1nn(Cc2ccccc2F)cc1Cl)c1ccc(COc2ccc(Br)cc2Cl)o1. The molecular weight excluding hydrogens is 524 g/mol. The smallest absolute Gasteiger partial charge is 0.292 e. The Morgan fingerprint density at radius 2 is 1.97 bits per heavy atom. The van der Waals surface area contributed by atoms with Crippen LogP contribution in [0, 0.1) is 5.82 Å². The number of nitrogens with one attached hydrogen (secondary N) is 1. The van der Waals surface area contributed by atoms with Gasteiger partial charge in [-0.2, -0.15) is 5.10 Å². The van der Waals surface area contributed by atoms with E-state index in [1.165, 1.54) is 23.0 Å². The van der Waals surface area contributed by atoms with Crippen molar-refractivity contribution in [1.82, 2.24) is 9.78 Å². The third-order valence-electron chi connectivity index (χ3n) is 4.39. The van der Waals surface area contributed by atoms with Crippen LogP contribution in [0.3, 0.4) is 0 Å². The molecule has 4 aromatic rings. The Labute approximate surface area is 201 Å². The molecule has 6 nitrogen and oxygen atoms in total. The van der Waals surface area contributed by atoms with E-state index in [0.717, 1.165) is 4.47 Å². The van der Waals surface area contributed by atoms with Crippen molar-refractivity contribution in [1.29, 1.82) is 0 Å². The molecule has 0 bridgehead atoms. The van der Waals surface area contributed by atoms with Gasteiger partial charge in [0.05, 0.1) is 11.6 Å². The van der Waals surface area contributed by atoms with E-state index in [9.17, 15) is 9.18 Å². The van der Waals surface area contributed by atoms with Gasteiger partial charge in [-0.25, -0.2) is 4.39 Å². The molecule has 32 heavy (non-hydrogen) atoms. The summed E-state index contributed by atoms with van der Waals surface area (Å²) in [5.41, 5.74) is 0.450. The Bertz CT molecular complexity index is 1280. The number of amides is 1.